The lowest BCUT2D eigenvalue weighted by Gasteiger charge is -2.27. The monoisotopic (exact) mass is 252 g/mol. The summed E-state index contributed by atoms with van der Waals surface area (Å²) in [6.45, 7) is 3.69. The average molecular weight is 252 g/mol. The fourth-order valence-corrected chi connectivity index (χ4v) is 2.19. The Morgan fingerprint density at radius 1 is 0.895 bits per heavy atom. The van der Waals surface area contributed by atoms with Gasteiger partial charge >= 0.3 is 0 Å². The minimum Gasteiger partial charge on any atom is -0.390 e. The van der Waals surface area contributed by atoms with Gasteiger partial charge in [-0.25, -0.2) is 0 Å². The smallest absolute Gasteiger partial charge is 0.0694 e. The zero-order chi connectivity index (χ0) is 13.7. The van der Waals surface area contributed by atoms with Crippen molar-refractivity contribution >= 4 is 6.08 Å². The van der Waals surface area contributed by atoms with E-state index in [0.29, 0.717) is 0 Å². The number of benzene rings is 2. The zero-order valence-corrected chi connectivity index (χ0v) is 11.5. The van der Waals surface area contributed by atoms with Gasteiger partial charge in [-0.2, -0.15) is 0 Å². The molecule has 0 bridgehead atoms. The Kier molecular flexibility index (Phi) is 4.18. The molecule has 0 unspecified atom stereocenters. The average Bonchev–Trinajstić information content (AvgIpc) is 2.40. The molecule has 1 heteroatoms. The van der Waals surface area contributed by atoms with Crippen molar-refractivity contribution in [3.8, 4) is 0 Å². The Morgan fingerprint density at radius 2 is 1.42 bits per heavy atom. The van der Waals surface area contributed by atoms with Crippen molar-refractivity contribution in [2.75, 3.05) is 0 Å². The van der Waals surface area contributed by atoms with Crippen LogP contribution in [0.5, 0.6) is 0 Å². The van der Waals surface area contributed by atoms with Crippen LogP contribution in [0.1, 0.15) is 30.9 Å². The van der Waals surface area contributed by atoms with Crippen molar-refractivity contribution in [2.45, 2.75) is 25.4 Å². The van der Waals surface area contributed by atoms with Crippen molar-refractivity contribution in [1.29, 1.82) is 0 Å². The molecule has 0 aliphatic heterocycles. The molecule has 0 saturated heterocycles. The highest BCUT2D eigenvalue weighted by Crippen LogP contribution is 2.29. The van der Waals surface area contributed by atoms with Gasteiger partial charge in [-0.3, -0.25) is 0 Å². The van der Waals surface area contributed by atoms with Gasteiger partial charge < -0.3 is 5.11 Å². The van der Waals surface area contributed by atoms with E-state index in [1.54, 1.807) is 0 Å². The Balaban J connectivity index is 2.28. The van der Waals surface area contributed by atoms with Crippen LogP contribution >= 0.6 is 0 Å². The SMILES string of the molecule is CC(C)(O)[C@H](/C=C/c1ccccc1)c1ccccc1. The minimum absolute atomic E-state index is 0.0195. The second-order valence-corrected chi connectivity index (χ2v) is 5.31. The van der Waals surface area contributed by atoms with Gasteiger partial charge in [0.15, 0.2) is 0 Å². The standard InChI is InChI=1S/C18H20O/c1-18(2,19)17(16-11-7-4-8-12-16)14-13-15-9-5-3-6-10-15/h3-14,17,19H,1-2H3/b14-13+/t17-/m1/s1. The third-order valence-corrected chi connectivity index (χ3v) is 3.20. The highest BCUT2D eigenvalue weighted by atomic mass is 16.3. The molecule has 0 fully saturated rings. The summed E-state index contributed by atoms with van der Waals surface area (Å²) < 4.78 is 0. The molecule has 0 amide bonds. The topological polar surface area (TPSA) is 20.2 Å². The van der Waals surface area contributed by atoms with Crippen molar-refractivity contribution in [3.63, 3.8) is 0 Å². The fraction of sp³-hybridized carbons (Fsp3) is 0.222. The predicted molar refractivity (Wildman–Crippen MR) is 81.0 cm³/mol. The molecule has 2 aromatic carbocycles. The van der Waals surface area contributed by atoms with E-state index in [4.69, 9.17) is 0 Å². The summed E-state index contributed by atoms with van der Waals surface area (Å²) in [4.78, 5) is 0. The van der Waals surface area contributed by atoms with Crippen LogP contribution in [-0.4, -0.2) is 10.7 Å². The Labute approximate surface area is 115 Å². The lowest BCUT2D eigenvalue weighted by atomic mass is 9.84. The van der Waals surface area contributed by atoms with Gasteiger partial charge in [-0.1, -0.05) is 72.8 Å². The maximum Gasteiger partial charge on any atom is 0.0694 e. The first-order chi connectivity index (χ1) is 9.07. The van der Waals surface area contributed by atoms with Crippen LogP contribution in [0.2, 0.25) is 0 Å². The molecular formula is C18H20O. The summed E-state index contributed by atoms with van der Waals surface area (Å²) in [6, 6.07) is 20.3. The van der Waals surface area contributed by atoms with Crippen LogP contribution in [0.3, 0.4) is 0 Å². The van der Waals surface area contributed by atoms with Crippen LogP contribution in [-0.2, 0) is 0 Å². The highest BCUT2D eigenvalue weighted by Gasteiger charge is 2.25. The quantitative estimate of drug-likeness (QED) is 0.862. The maximum atomic E-state index is 10.4. The molecule has 1 atom stereocenters. The lowest BCUT2D eigenvalue weighted by Crippen LogP contribution is -2.27. The van der Waals surface area contributed by atoms with E-state index < -0.39 is 5.60 Å². The first-order valence-corrected chi connectivity index (χ1v) is 6.58. The molecule has 1 N–H and O–H groups in total. The molecule has 1 nitrogen and oxygen atoms in total. The zero-order valence-electron chi connectivity index (χ0n) is 11.5. The second-order valence-electron chi connectivity index (χ2n) is 5.31. The number of aliphatic hydroxyl groups is 1. The van der Waals surface area contributed by atoms with Crippen LogP contribution in [0.4, 0.5) is 0 Å². The molecule has 2 aromatic rings. The van der Waals surface area contributed by atoms with E-state index in [2.05, 4.69) is 36.4 Å². The van der Waals surface area contributed by atoms with Gasteiger partial charge in [0.25, 0.3) is 0 Å². The summed E-state index contributed by atoms with van der Waals surface area (Å²) >= 11 is 0. The van der Waals surface area contributed by atoms with Gasteiger partial charge in [-0.15, -0.1) is 0 Å². The van der Waals surface area contributed by atoms with Crippen LogP contribution in [0.25, 0.3) is 6.08 Å². The molecule has 0 radical (unpaired) electrons. The molecule has 0 aliphatic carbocycles. The van der Waals surface area contributed by atoms with Crippen molar-refractivity contribution < 1.29 is 5.11 Å². The van der Waals surface area contributed by atoms with Gasteiger partial charge in [0.2, 0.25) is 0 Å². The minimum atomic E-state index is -0.785. The first-order valence-electron chi connectivity index (χ1n) is 6.58. The molecule has 0 heterocycles. The van der Waals surface area contributed by atoms with E-state index >= 15 is 0 Å². The molecule has 0 aromatic heterocycles. The van der Waals surface area contributed by atoms with Gasteiger partial charge in [0, 0.05) is 5.92 Å². The van der Waals surface area contributed by atoms with Crippen LogP contribution in [0.15, 0.2) is 66.7 Å². The third kappa shape index (κ3) is 3.80. The van der Waals surface area contributed by atoms with Crippen molar-refractivity contribution in [1.82, 2.24) is 0 Å². The van der Waals surface area contributed by atoms with Gasteiger partial charge in [0.05, 0.1) is 5.60 Å². The van der Waals surface area contributed by atoms with E-state index in [9.17, 15) is 5.11 Å². The second kappa shape index (κ2) is 5.85. The maximum absolute atomic E-state index is 10.4. The summed E-state index contributed by atoms with van der Waals surface area (Å²) in [5, 5.41) is 10.4. The number of hydrogen-bond donors (Lipinski definition) is 1. The number of rotatable bonds is 4. The van der Waals surface area contributed by atoms with E-state index in [-0.39, 0.29) is 5.92 Å². The van der Waals surface area contributed by atoms with Crippen molar-refractivity contribution in [3.05, 3.63) is 77.9 Å². The molecule has 98 valence electrons. The van der Waals surface area contributed by atoms with E-state index in [0.717, 1.165) is 11.1 Å². The molecule has 2 rings (SSSR count). The summed E-state index contributed by atoms with van der Waals surface area (Å²) in [6.07, 6.45) is 4.14. The Hall–Kier alpha value is -1.86. The molecule has 19 heavy (non-hydrogen) atoms. The Morgan fingerprint density at radius 3 is 1.95 bits per heavy atom. The summed E-state index contributed by atoms with van der Waals surface area (Å²) in [5.41, 5.74) is 1.49. The Bertz CT molecular complexity index is 521. The molecule has 0 saturated carbocycles. The highest BCUT2D eigenvalue weighted by molar-refractivity contribution is 5.51. The fourth-order valence-electron chi connectivity index (χ4n) is 2.19. The third-order valence-electron chi connectivity index (χ3n) is 3.20. The first kappa shape index (κ1) is 13.6. The largest absolute Gasteiger partial charge is 0.390 e. The normalized spacial score (nSPS) is 13.6. The molecule has 0 spiro atoms. The summed E-state index contributed by atoms with van der Waals surface area (Å²) in [5.74, 6) is -0.0195. The van der Waals surface area contributed by atoms with Crippen LogP contribution in [0, 0.1) is 0 Å². The van der Waals surface area contributed by atoms with Gasteiger partial charge in [0.1, 0.15) is 0 Å². The molecular weight excluding hydrogens is 232 g/mol. The number of hydrogen-bond acceptors (Lipinski definition) is 1. The van der Waals surface area contributed by atoms with Crippen LogP contribution < -0.4 is 0 Å². The van der Waals surface area contributed by atoms with Gasteiger partial charge in [-0.05, 0) is 25.0 Å². The van der Waals surface area contributed by atoms with Crippen molar-refractivity contribution in [2.24, 2.45) is 0 Å². The predicted octanol–water partition coefficient (Wildman–Crippen LogP) is 4.25. The summed E-state index contributed by atoms with van der Waals surface area (Å²) in [7, 11) is 0. The lowest BCUT2D eigenvalue weighted by molar-refractivity contribution is 0.0653. The molecule has 0 aliphatic rings. The van der Waals surface area contributed by atoms with E-state index in [1.165, 1.54) is 0 Å². The van der Waals surface area contributed by atoms with E-state index in [1.807, 2.05) is 50.2 Å².